The fraction of sp³-hybridized carbons (Fsp3) is 0.873. The summed E-state index contributed by atoms with van der Waals surface area (Å²) in [6.07, 6.45) is 73.2. The number of allylic oxidation sites excluding steroid dienone is 5. The number of aliphatic hydroxyl groups is 2. The lowest BCUT2D eigenvalue weighted by atomic mass is 10.0. The molecule has 0 spiro atoms. The second-order valence-corrected chi connectivity index (χ2v) is 21.0. The Morgan fingerprint density at radius 2 is 0.725 bits per heavy atom. The number of rotatable bonds is 57. The first kappa shape index (κ1) is 67.1. The summed E-state index contributed by atoms with van der Waals surface area (Å²) in [6, 6.07) is -0.629. The molecule has 406 valence electrons. The van der Waals surface area contributed by atoms with Gasteiger partial charge in [-0.15, -0.1) is 0 Å². The lowest BCUT2D eigenvalue weighted by Crippen LogP contribution is -2.45. The van der Waals surface area contributed by atoms with Crippen molar-refractivity contribution in [3.8, 4) is 0 Å². The van der Waals surface area contributed by atoms with Gasteiger partial charge in [-0.1, -0.05) is 288 Å². The maximum atomic E-state index is 12.5. The quantitative estimate of drug-likeness (QED) is 0.0321. The van der Waals surface area contributed by atoms with E-state index in [9.17, 15) is 19.8 Å². The van der Waals surface area contributed by atoms with Crippen LogP contribution >= 0.6 is 0 Å². The number of carbonyl (C=O) groups is 2. The van der Waals surface area contributed by atoms with Gasteiger partial charge in [0.25, 0.3) is 0 Å². The molecule has 0 rings (SSSR count). The summed E-state index contributed by atoms with van der Waals surface area (Å²) in [6.45, 7) is 4.88. The highest BCUT2D eigenvalue weighted by atomic mass is 16.5. The van der Waals surface area contributed by atoms with Crippen molar-refractivity contribution >= 4 is 11.9 Å². The van der Waals surface area contributed by atoms with Crippen LogP contribution in [0.15, 0.2) is 36.5 Å². The number of unbranched alkanes of at least 4 members (excludes halogenated alkanes) is 42. The average molecular weight is 971 g/mol. The van der Waals surface area contributed by atoms with E-state index in [1.807, 2.05) is 6.08 Å². The van der Waals surface area contributed by atoms with E-state index < -0.39 is 12.1 Å². The van der Waals surface area contributed by atoms with Gasteiger partial charge < -0.3 is 20.3 Å². The van der Waals surface area contributed by atoms with Crippen LogP contribution in [-0.2, 0) is 14.3 Å². The van der Waals surface area contributed by atoms with Gasteiger partial charge in [0.1, 0.15) is 0 Å². The van der Waals surface area contributed by atoms with Crippen molar-refractivity contribution in [3.63, 3.8) is 0 Å². The van der Waals surface area contributed by atoms with Crippen molar-refractivity contribution in [1.29, 1.82) is 0 Å². The molecule has 0 aromatic rings. The molecule has 69 heavy (non-hydrogen) atoms. The molecule has 6 nitrogen and oxygen atoms in total. The third-order valence-corrected chi connectivity index (χ3v) is 14.2. The number of aliphatic hydroxyl groups excluding tert-OH is 2. The number of hydrogen-bond donors (Lipinski definition) is 3. The van der Waals surface area contributed by atoms with Crippen LogP contribution in [0, 0.1) is 0 Å². The molecule has 0 saturated heterocycles. The van der Waals surface area contributed by atoms with Crippen molar-refractivity contribution in [3.05, 3.63) is 36.5 Å². The molecule has 0 saturated carbocycles. The van der Waals surface area contributed by atoms with Gasteiger partial charge in [0.05, 0.1) is 25.4 Å². The Balaban J connectivity index is 3.41. The summed E-state index contributed by atoms with van der Waals surface area (Å²) in [5.74, 6) is -0.0667. The summed E-state index contributed by atoms with van der Waals surface area (Å²) in [5, 5.41) is 23.1. The standard InChI is InChI=1S/C63H119NO5/c1-3-5-7-9-11-13-15-17-19-24-29-33-37-41-45-49-53-57-63(68)69-58-54-50-46-42-38-34-30-26-23-21-20-22-25-28-32-36-40-44-48-52-56-62(67)64-60(59-65)61(66)55-51-47-43-39-35-31-27-18-16-14-12-10-8-6-4-2/h11,13,17,19,51,55,60-61,65-66H,3-10,12,14-16,18,20-50,52-54,56-59H2,1-2H3,(H,64,67)/b13-11-,19-17-,55-51+. The molecule has 1 amide bonds. The van der Waals surface area contributed by atoms with Crippen LogP contribution in [0.1, 0.15) is 328 Å². The van der Waals surface area contributed by atoms with Crippen molar-refractivity contribution in [1.82, 2.24) is 5.32 Å². The van der Waals surface area contributed by atoms with Gasteiger partial charge in [-0.05, 0) is 64.2 Å². The van der Waals surface area contributed by atoms with Crippen LogP contribution in [0.25, 0.3) is 0 Å². The molecule has 0 aliphatic carbocycles. The van der Waals surface area contributed by atoms with E-state index in [-0.39, 0.29) is 18.5 Å². The molecular weight excluding hydrogens is 851 g/mol. The molecule has 0 aliphatic heterocycles. The molecular formula is C63H119NO5. The molecule has 6 heteroatoms. The highest BCUT2D eigenvalue weighted by Crippen LogP contribution is 2.17. The van der Waals surface area contributed by atoms with Gasteiger partial charge in [-0.3, -0.25) is 9.59 Å². The summed E-state index contributed by atoms with van der Waals surface area (Å²) in [7, 11) is 0. The van der Waals surface area contributed by atoms with Crippen LogP contribution in [0.3, 0.4) is 0 Å². The minimum absolute atomic E-state index is 0.00221. The van der Waals surface area contributed by atoms with Gasteiger partial charge in [0.15, 0.2) is 0 Å². The molecule has 3 N–H and O–H groups in total. The molecule has 0 radical (unpaired) electrons. The van der Waals surface area contributed by atoms with Gasteiger partial charge in [-0.2, -0.15) is 0 Å². The lowest BCUT2D eigenvalue weighted by Gasteiger charge is -2.20. The zero-order chi connectivity index (χ0) is 50.0. The number of amides is 1. The Hall–Kier alpha value is -1.92. The molecule has 0 aromatic carbocycles. The first-order valence-electron chi connectivity index (χ1n) is 30.8. The Labute approximate surface area is 430 Å². The summed E-state index contributed by atoms with van der Waals surface area (Å²) in [5.41, 5.74) is 0. The molecule has 0 aliphatic rings. The fourth-order valence-corrected chi connectivity index (χ4v) is 9.43. The Bertz CT molecular complexity index is 1120. The van der Waals surface area contributed by atoms with Gasteiger partial charge in [0, 0.05) is 12.8 Å². The van der Waals surface area contributed by atoms with Crippen LogP contribution in [0.4, 0.5) is 0 Å². The summed E-state index contributed by atoms with van der Waals surface area (Å²) in [4.78, 5) is 24.5. The zero-order valence-electron chi connectivity index (χ0n) is 46.3. The van der Waals surface area contributed by atoms with Gasteiger partial charge in [0.2, 0.25) is 5.91 Å². The Morgan fingerprint density at radius 1 is 0.406 bits per heavy atom. The first-order chi connectivity index (χ1) is 34.0. The van der Waals surface area contributed by atoms with E-state index in [1.54, 1.807) is 6.08 Å². The van der Waals surface area contributed by atoms with Crippen molar-refractivity contribution in [2.45, 2.75) is 341 Å². The summed E-state index contributed by atoms with van der Waals surface area (Å²) >= 11 is 0. The maximum Gasteiger partial charge on any atom is 0.305 e. The topological polar surface area (TPSA) is 95.9 Å². The number of hydrogen-bond acceptors (Lipinski definition) is 5. The maximum absolute atomic E-state index is 12.5. The van der Waals surface area contributed by atoms with E-state index in [2.05, 4.69) is 43.5 Å². The largest absolute Gasteiger partial charge is 0.466 e. The number of esters is 1. The van der Waals surface area contributed by atoms with E-state index in [0.717, 1.165) is 51.4 Å². The number of carbonyl (C=O) groups excluding carboxylic acids is 2. The van der Waals surface area contributed by atoms with Crippen LogP contribution in [-0.4, -0.2) is 47.4 Å². The molecule has 2 atom stereocenters. The third kappa shape index (κ3) is 55.2. The molecule has 0 fully saturated rings. The fourth-order valence-electron chi connectivity index (χ4n) is 9.43. The Kier molecular flexibility index (Phi) is 57.0. The molecule has 0 heterocycles. The third-order valence-electron chi connectivity index (χ3n) is 14.2. The predicted octanol–water partition coefficient (Wildman–Crippen LogP) is 19.2. The average Bonchev–Trinajstić information content (AvgIpc) is 3.35. The van der Waals surface area contributed by atoms with Crippen molar-refractivity contribution < 1.29 is 24.5 Å². The summed E-state index contributed by atoms with van der Waals surface area (Å²) < 4.78 is 5.49. The molecule has 2 unspecified atom stereocenters. The van der Waals surface area contributed by atoms with Crippen molar-refractivity contribution in [2.24, 2.45) is 0 Å². The second kappa shape index (κ2) is 58.6. The monoisotopic (exact) mass is 970 g/mol. The minimum atomic E-state index is -0.846. The van der Waals surface area contributed by atoms with Crippen LogP contribution < -0.4 is 5.32 Å². The highest BCUT2D eigenvalue weighted by molar-refractivity contribution is 5.76. The molecule has 0 aromatic heterocycles. The minimum Gasteiger partial charge on any atom is -0.466 e. The van der Waals surface area contributed by atoms with Gasteiger partial charge >= 0.3 is 5.97 Å². The Morgan fingerprint density at radius 3 is 1.13 bits per heavy atom. The second-order valence-electron chi connectivity index (χ2n) is 21.0. The normalized spacial score (nSPS) is 12.8. The van der Waals surface area contributed by atoms with Crippen LogP contribution in [0.5, 0.6) is 0 Å². The first-order valence-corrected chi connectivity index (χ1v) is 30.8. The lowest BCUT2D eigenvalue weighted by molar-refractivity contribution is -0.143. The highest BCUT2D eigenvalue weighted by Gasteiger charge is 2.18. The van der Waals surface area contributed by atoms with E-state index in [4.69, 9.17) is 4.74 Å². The van der Waals surface area contributed by atoms with Gasteiger partial charge in [-0.25, -0.2) is 0 Å². The SMILES string of the molecule is CCCCC/C=C\C/C=C\CCCCCCCCCC(=O)OCCCCCCCCCCCCCCCCCCCCCCC(=O)NC(CO)C(O)/C=C/CCCCCCCCCCCCCCC. The smallest absolute Gasteiger partial charge is 0.305 e. The van der Waals surface area contributed by atoms with E-state index in [0.29, 0.717) is 19.4 Å². The van der Waals surface area contributed by atoms with E-state index in [1.165, 1.54) is 250 Å². The number of ether oxygens (including phenoxy) is 1. The van der Waals surface area contributed by atoms with E-state index >= 15 is 0 Å². The van der Waals surface area contributed by atoms with Crippen LogP contribution in [0.2, 0.25) is 0 Å². The predicted molar refractivity (Wildman–Crippen MR) is 301 cm³/mol. The van der Waals surface area contributed by atoms with Crippen molar-refractivity contribution in [2.75, 3.05) is 13.2 Å². The zero-order valence-corrected chi connectivity index (χ0v) is 46.3. The molecule has 0 bridgehead atoms. The number of nitrogens with one attached hydrogen (secondary N) is 1.